The molecule has 1 N–H and O–H groups in total. The lowest BCUT2D eigenvalue weighted by Gasteiger charge is -2.25. The Hall–Kier alpha value is -0.800. The molecule has 3 heteroatoms. The van der Waals surface area contributed by atoms with E-state index in [-0.39, 0.29) is 0 Å². The van der Waals surface area contributed by atoms with Gasteiger partial charge < -0.3 is 9.73 Å². The van der Waals surface area contributed by atoms with Crippen molar-refractivity contribution >= 4 is 0 Å². The van der Waals surface area contributed by atoms with Crippen molar-refractivity contribution in [2.24, 2.45) is 0 Å². The van der Waals surface area contributed by atoms with Crippen LogP contribution in [0.25, 0.3) is 0 Å². The van der Waals surface area contributed by atoms with Crippen molar-refractivity contribution in [3.05, 3.63) is 24.2 Å². The van der Waals surface area contributed by atoms with Crippen LogP contribution < -0.4 is 5.32 Å². The van der Waals surface area contributed by atoms with Crippen LogP contribution in [-0.4, -0.2) is 30.6 Å². The lowest BCUT2D eigenvalue weighted by molar-refractivity contribution is 0.220. The summed E-state index contributed by atoms with van der Waals surface area (Å²) in [5.41, 5.74) is 0. The van der Waals surface area contributed by atoms with Crippen LogP contribution in [0.4, 0.5) is 0 Å². The van der Waals surface area contributed by atoms with Gasteiger partial charge in [-0.25, -0.2) is 0 Å². The second-order valence-corrected chi connectivity index (χ2v) is 4.56. The number of furan rings is 1. The lowest BCUT2D eigenvalue weighted by atomic mass is 10.2. The molecule has 1 heterocycles. The summed E-state index contributed by atoms with van der Waals surface area (Å²) in [5.74, 6) is 1.03. The first-order valence-corrected chi connectivity index (χ1v) is 6.09. The van der Waals surface area contributed by atoms with E-state index >= 15 is 0 Å². The van der Waals surface area contributed by atoms with Gasteiger partial charge in [0, 0.05) is 18.6 Å². The average molecular weight is 224 g/mol. The van der Waals surface area contributed by atoms with Crippen LogP contribution in [0, 0.1) is 0 Å². The summed E-state index contributed by atoms with van der Waals surface area (Å²) in [5, 5.41) is 3.52. The first-order valence-electron chi connectivity index (χ1n) is 6.09. The molecule has 92 valence electrons. The zero-order chi connectivity index (χ0) is 12.0. The molecule has 0 aliphatic heterocycles. The van der Waals surface area contributed by atoms with Gasteiger partial charge in [-0.3, -0.25) is 4.90 Å². The third-order valence-corrected chi connectivity index (χ3v) is 3.11. The Kier molecular flexibility index (Phi) is 5.56. The van der Waals surface area contributed by atoms with E-state index in [1.807, 2.05) is 12.1 Å². The smallest absolute Gasteiger partial charge is 0.117 e. The number of hydrogen-bond acceptors (Lipinski definition) is 3. The number of likely N-dealkylation sites (N-methyl/N-ethyl adjacent to an activating group) is 1. The molecule has 1 aromatic heterocycles. The van der Waals surface area contributed by atoms with Gasteiger partial charge >= 0.3 is 0 Å². The van der Waals surface area contributed by atoms with Gasteiger partial charge in [-0.1, -0.05) is 6.92 Å². The zero-order valence-electron chi connectivity index (χ0n) is 10.9. The van der Waals surface area contributed by atoms with Crippen molar-refractivity contribution in [1.82, 2.24) is 10.2 Å². The second-order valence-electron chi connectivity index (χ2n) is 4.56. The predicted octanol–water partition coefficient (Wildman–Crippen LogP) is 2.49. The van der Waals surface area contributed by atoms with Gasteiger partial charge in [0.05, 0.1) is 12.8 Å². The van der Waals surface area contributed by atoms with Gasteiger partial charge in [0.25, 0.3) is 0 Å². The maximum Gasteiger partial charge on any atom is 0.117 e. The summed E-state index contributed by atoms with van der Waals surface area (Å²) < 4.78 is 5.34. The van der Waals surface area contributed by atoms with Gasteiger partial charge in [0.1, 0.15) is 5.76 Å². The van der Waals surface area contributed by atoms with Crippen LogP contribution in [0.1, 0.15) is 33.0 Å². The Morgan fingerprint density at radius 3 is 2.75 bits per heavy atom. The molecular formula is C13H24N2O. The summed E-state index contributed by atoms with van der Waals surface area (Å²) in [4.78, 5) is 2.30. The predicted molar refractivity (Wildman–Crippen MR) is 67.4 cm³/mol. The first-order chi connectivity index (χ1) is 7.63. The molecule has 0 aliphatic carbocycles. The standard InChI is InChI=1S/C13H24N2O/c1-5-11(2)14-9-12(3)15(4)10-13-7-6-8-16-13/h6-8,11-12,14H,5,9-10H2,1-4H3. The number of nitrogens with zero attached hydrogens (tertiary/aromatic N) is 1. The third-order valence-electron chi connectivity index (χ3n) is 3.11. The Morgan fingerprint density at radius 2 is 2.19 bits per heavy atom. The Balaban J connectivity index is 2.27. The fourth-order valence-corrected chi connectivity index (χ4v) is 1.48. The fraction of sp³-hybridized carbons (Fsp3) is 0.692. The van der Waals surface area contributed by atoms with Crippen molar-refractivity contribution in [1.29, 1.82) is 0 Å². The van der Waals surface area contributed by atoms with Gasteiger partial charge in [-0.05, 0) is 39.4 Å². The maximum atomic E-state index is 5.34. The van der Waals surface area contributed by atoms with Crippen molar-refractivity contribution < 1.29 is 4.42 Å². The molecular weight excluding hydrogens is 200 g/mol. The highest BCUT2D eigenvalue weighted by atomic mass is 16.3. The zero-order valence-corrected chi connectivity index (χ0v) is 10.9. The van der Waals surface area contributed by atoms with Gasteiger partial charge in [0.15, 0.2) is 0 Å². The summed E-state index contributed by atoms with van der Waals surface area (Å²) in [6, 6.07) is 5.06. The van der Waals surface area contributed by atoms with Crippen LogP contribution in [0.5, 0.6) is 0 Å². The number of hydrogen-bond donors (Lipinski definition) is 1. The summed E-state index contributed by atoms with van der Waals surface area (Å²) >= 11 is 0. The molecule has 3 nitrogen and oxygen atoms in total. The largest absolute Gasteiger partial charge is 0.468 e. The van der Waals surface area contributed by atoms with Crippen molar-refractivity contribution in [2.45, 2.75) is 45.8 Å². The fourth-order valence-electron chi connectivity index (χ4n) is 1.48. The minimum absolute atomic E-state index is 0.513. The molecule has 16 heavy (non-hydrogen) atoms. The van der Waals surface area contributed by atoms with E-state index < -0.39 is 0 Å². The minimum Gasteiger partial charge on any atom is -0.468 e. The maximum absolute atomic E-state index is 5.34. The lowest BCUT2D eigenvalue weighted by Crippen LogP contribution is -2.40. The van der Waals surface area contributed by atoms with Crippen molar-refractivity contribution in [3.8, 4) is 0 Å². The number of nitrogens with one attached hydrogen (secondary N) is 1. The Bertz CT molecular complexity index is 271. The Labute approximate surface area is 98.8 Å². The van der Waals surface area contributed by atoms with Gasteiger partial charge in [0.2, 0.25) is 0 Å². The molecule has 2 unspecified atom stereocenters. The van der Waals surface area contributed by atoms with Gasteiger partial charge in [-0.2, -0.15) is 0 Å². The van der Waals surface area contributed by atoms with E-state index in [4.69, 9.17) is 4.42 Å². The van der Waals surface area contributed by atoms with E-state index in [0.717, 1.165) is 18.8 Å². The Morgan fingerprint density at radius 1 is 1.44 bits per heavy atom. The highest BCUT2D eigenvalue weighted by Gasteiger charge is 2.11. The molecule has 0 saturated carbocycles. The highest BCUT2D eigenvalue weighted by Crippen LogP contribution is 2.06. The van der Waals surface area contributed by atoms with Crippen molar-refractivity contribution in [2.75, 3.05) is 13.6 Å². The van der Waals surface area contributed by atoms with Crippen LogP contribution in [-0.2, 0) is 6.54 Å². The molecule has 0 spiro atoms. The van der Waals surface area contributed by atoms with Crippen LogP contribution >= 0.6 is 0 Å². The molecule has 2 atom stereocenters. The van der Waals surface area contributed by atoms with E-state index in [2.05, 4.69) is 38.0 Å². The van der Waals surface area contributed by atoms with Crippen LogP contribution in [0.15, 0.2) is 22.8 Å². The molecule has 0 fully saturated rings. The molecule has 0 aliphatic rings. The van der Waals surface area contributed by atoms with E-state index in [1.54, 1.807) is 6.26 Å². The average Bonchev–Trinajstić information content (AvgIpc) is 2.77. The second kappa shape index (κ2) is 6.71. The molecule has 0 amide bonds. The molecule has 0 saturated heterocycles. The van der Waals surface area contributed by atoms with E-state index in [0.29, 0.717) is 12.1 Å². The minimum atomic E-state index is 0.513. The topological polar surface area (TPSA) is 28.4 Å². The molecule has 1 aromatic rings. The number of rotatable bonds is 7. The summed E-state index contributed by atoms with van der Waals surface area (Å²) in [6.45, 7) is 8.55. The van der Waals surface area contributed by atoms with Crippen LogP contribution in [0.2, 0.25) is 0 Å². The van der Waals surface area contributed by atoms with E-state index in [9.17, 15) is 0 Å². The molecule has 1 rings (SSSR count). The van der Waals surface area contributed by atoms with Crippen LogP contribution in [0.3, 0.4) is 0 Å². The summed E-state index contributed by atoms with van der Waals surface area (Å²) in [6.07, 6.45) is 2.90. The molecule has 0 bridgehead atoms. The SMILES string of the molecule is CCC(C)NCC(C)N(C)Cc1ccco1. The molecule has 0 radical (unpaired) electrons. The first kappa shape index (κ1) is 13.3. The summed E-state index contributed by atoms with van der Waals surface area (Å²) in [7, 11) is 2.13. The monoisotopic (exact) mass is 224 g/mol. The molecule has 0 aromatic carbocycles. The van der Waals surface area contributed by atoms with Gasteiger partial charge in [-0.15, -0.1) is 0 Å². The third kappa shape index (κ3) is 4.37. The highest BCUT2D eigenvalue weighted by molar-refractivity contribution is 4.97. The normalized spacial score (nSPS) is 15.3. The van der Waals surface area contributed by atoms with E-state index in [1.165, 1.54) is 6.42 Å². The quantitative estimate of drug-likeness (QED) is 0.771. The van der Waals surface area contributed by atoms with Crippen molar-refractivity contribution in [3.63, 3.8) is 0 Å².